The maximum atomic E-state index is 12.8. The summed E-state index contributed by atoms with van der Waals surface area (Å²) in [7, 11) is -4.09. The first kappa shape index (κ1) is 19.9. The van der Waals surface area contributed by atoms with Crippen LogP contribution in [-0.2, 0) is 16.2 Å². The molecule has 1 fully saturated rings. The Bertz CT molecular complexity index is 974. The number of hydrogen-bond donors (Lipinski definition) is 0. The van der Waals surface area contributed by atoms with Gasteiger partial charge in [0, 0.05) is 26.2 Å². The molecule has 0 unspecified atom stereocenters. The number of anilines is 1. The summed E-state index contributed by atoms with van der Waals surface area (Å²) in [5.41, 5.74) is -1.30. The van der Waals surface area contributed by atoms with Gasteiger partial charge >= 0.3 is 11.9 Å². The highest BCUT2D eigenvalue weighted by atomic mass is 32.2. The molecule has 0 saturated carbocycles. The van der Waals surface area contributed by atoms with Gasteiger partial charge in [-0.15, -0.1) is 0 Å². The normalized spacial score (nSPS) is 16.2. The lowest BCUT2D eigenvalue weighted by molar-refractivity contribution is -0.385. The molecule has 28 heavy (non-hydrogen) atoms. The summed E-state index contributed by atoms with van der Waals surface area (Å²) in [6.07, 6.45) is -2.54. The molecule has 2 aromatic rings. The van der Waals surface area contributed by atoms with E-state index in [1.54, 1.807) is 4.90 Å². The van der Waals surface area contributed by atoms with Gasteiger partial charge in [-0.05, 0) is 18.2 Å². The Kier molecular flexibility index (Phi) is 5.21. The quantitative estimate of drug-likeness (QED) is 0.552. The third-order valence-corrected chi connectivity index (χ3v) is 6.05. The van der Waals surface area contributed by atoms with Crippen molar-refractivity contribution >= 4 is 21.7 Å². The van der Waals surface area contributed by atoms with Gasteiger partial charge in [-0.3, -0.25) is 10.1 Å². The van der Waals surface area contributed by atoms with Crippen LogP contribution >= 0.6 is 0 Å². The van der Waals surface area contributed by atoms with E-state index in [1.165, 1.54) is 0 Å². The zero-order chi connectivity index (χ0) is 20.5. The standard InChI is InChI=1S/C15H14F3N5O4S/c16-15(17,18)11-2-1-3-13(8-11)28(26,27)22-6-4-21(5-7-22)14-19-9-12(10-20-14)23(24)25/h1-3,8-10H,4-7H2. The highest BCUT2D eigenvalue weighted by molar-refractivity contribution is 7.89. The summed E-state index contributed by atoms with van der Waals surface area (Å²) in [6.45, 7) is 0.407. The molecule has 0 spiro atoms. The van der Waals surface area contributed by atoms with Gasteiger partial charge in [0.15, 0.2) is 0 Å². The van der Waals surface area contributed by atoms with E-state index in [0.29, 0.717) is 6.07 Å². The fourth-order valence-corrected chi connectivity index (χ4v) is 4.15. The summed E-state index contributed by atoms with van der Waals surface area (Å²) in [5.74, 6) is 0.210. The van der Waals surface area contributed by atoms with Crippen molar-refractivity contribution in [1.29, 1.82) is 0 Å². The van der Waals surface area contributed by atoms with Crippen molar-refractivity contribution in [3.8, 4) is 0 Å². The second-order valence-electron chi connectivity index (χ2n) is 5.92. The van der Waals surface area contributed by atoms with Gasteiger partial charge in [-0.25, -0.2) is 18.4 Å². The van der Waals surface area contributed by atoms with E-state index >= 15 is 0 Å². The van der Waals surface area contributed by atoms with Crippen LogP contribution in [0.15, 0.2) is 41.6 Å². The number of hydrogen-bond acceptors (Lipinski definition) is 7. The first-order valence-electron chi connectivity index (χ1n) is 7.98. The van der Waals surface area contributed by atoms with Crippen LogP contribution in [0.3, 0.4) is 0 Å². The number of aromatic nitrogens is 2. The van der Waals surface area contributed by atoms with Gasteiger partial charge in [0.25, 0.3) is 0 Å². The molecule has 13 heteroatoms. The van der Waals surface area contributed by atoms with E-state index in [-0.39, 0.29) is 37.8 Å². The Morgan fingerprint density at radius 1 is 1.07 bits per heavy atom. The van der Waals surface area contributed by atoms with Gasteiger partial charge in [0.05, 0.1) is 15.4 Å². The Labute approximate surface area is 157 Å². The van der Waals surface area contributed by atoms with Crippen LogP contribution in [0, 0.1) is 10.1 Å². The van der Waals surface area contributed by atoms with E-state index in [9.17, 15) is 31.7 Å². The summed E-state index contributed by atoms with van der Waals surface area (Å²) in [6, 6.07) is 3.59. The van der Waals surface area contributed by atoms with Crippen LogP contribution in [0.5, 0.6) is 0 Å². The van der Waals surface area contributed by atoms with Crippen molar-refractivity contribution in [1.82, 2.24) is 14.3 Å². The molecule has 0 N–H and O–H groups in total. The molecule has 3 rings (SSSR count). The highest BCUT2D eigenvalue weighted by Gasteiger charge is 2.34. The van der Waals surface area contributed by atoms with Crippen LogP contribution in [0.2, 0.25) is 0 Å². The molecule has 150 valence electrons. The third-order valence-electron chi connectivity index (χ3n) is 4.16. The third kappa shape index (κ3) is 4.04. The highest BCUT2D eigenvalue weighted by Crippen LogP contribution is 2.31. The minimum Gasteiger partial charge on any atom is -0.338 e. The lowest BCUT2D eigenvalue weighted by Crippen LogP contribution is -2.49. The van der Waals surface area contributed by atoms with Crippen LogP contribution < -0.4 is 4.90 Å². The monoisotopic (exact) mass is 417 g/mol. The molecule has 1 aromatic heterocycles. The number of rotatable bonds is 4. The van der Waals surface area contributed by atoms with Crippen LogP contribution in [0.1, 0.15) is 5.56 Å². The first-order valence-corrected chi connectivity index (χ1v) is 9.42. The largest absolute Gasteiger partial charge is 0.416 e. The zero-order valence-corrected chi connectivity index (χ0v) is 15.0. The molecule has 0 atom stereocenters. The number of halogens is 3. The molecule has 9 nitrogen and oxygen atoms in total. The predicted octanol–water partition coefficient (Wildman–Crippen LogP) is 1.91. The van der Waals surface area contributed by atoms with Gasteiger partial charge < -0.3 is 4.90 Å². The molecule has 1 aromatic carbocycles. The average Bonchev–Trinajstić information content (AvgIpc) is 2.67. The molecule has 1 saturated heterocycles. The number of sulfonamides is 1. The summed E-state index contributed by atoms with van der Waals surface area (Å²) >= 11 is 0. The topological polar surface area (TPSA) is 110 Å². The minimum atomic E-state index is -4.64. The van der Waals surface area contributed by atoms with Crippen LogP contribution in [0.4, 0.5) is 24.8 Å². The average molecular weight is 417 g/mol. The summed E-state index contributed by atoms with van der Waals surface area (Å²) in [5, 5.41) is 10.6. The Morgan fingerprint density at radius 3 is 2.21 bits per heavy atom. The molecule has 1 aliphatic heterocycles. The predicted molar refractivity (Wildman–Crippen MR) is 91.1 cm³/mol. The van der Waals surface area contributed by atoms with Crippen LogP contribution in [0.25, 0.3) is 0 Å². The van der Waals surface area contributed by atoms with Crippen molar-refractivity contribution in [3.63, 3.8) is 0 Å². The summed E-state index contributed by atoms with van der Waals surface area (Å²) in [4.78, 5) is 19.0. The maximum absolute atomic E-state index is 12.8. The van der Waals surface area contributed by atoms with Crippen molar-refractivity contribution in [2.45, 2.75) is 11.1 Å². The van der Waals surface area contributed by atoms with Crippen molar-refractivity contribution in [3.05, 3.63) is 52.3 Å². The molecular formula is C15H14F3N5O4S. The van der Waals surface area contributed by atoms with E-state index < -0.39 is 31.6 Å². The summed E-state index contributed by atoms with van der Waals surface area (Å²) < 4.78 is 64.9. The van der Waals surface area contributed by atoms with Gasteiger partial charge in [-0.1, -0.05) is 6.07 Å². The van der Waals surface area contributed by atoms with E-state index in [2.05, 4.69) is 9.97 Å². The van der Waals surface area contributed by atoms with Gasteiger partial charge in [-0.2, -0.15) is 17.5 Å². The number of nitro groups is 1. The van der Waals surface area contributed by atoms with E-state index in [4.69, 9.17) is 0 Å². The molecule has 1 aliphatic rings. The lowest BCUT2D eigenvalue weighted by atomic mass is 10.2. The SMILES string of the molecule is O=[N+]([O-])c1cnc(N2CCN(S(=O)(=O)c3cccc(C(F)(F)F)c3)CC2)nc1. The Balaban J connectivity index is 1.72. The Hall–Kier alpha value is -2.80. The molecule has 2 heterocycles. The number of piperazine rings is 1. The van der Waals surface area contributed by atoms with Crippen molar-refractivity contribution in [2.75, 3.05) is 31.1 Å². The van der Waals surface area contributed by atoms with Crippen molar-refractivity contribution in [2.24, 2.45) is 0 Å². The Morgan fingerprint density at radius 2 is 1.68 bits per heavy atom. The number of benzene rings is 1. The maximum Gasteiger partial charge on any atom is 0.416 e. The lowest BCUT2D eigenvalue weighted by Gasteiger charge is -2.33. The second kappa shape index (κ2) is 7.31. The van der Waals surface area contributed by atoms with Gasteiger partial charge in [0.1, 0.15) is 12.4 Å². The molecule has 0 aliphatic carbocycles. The fraction of sp³-hybridized carbons (Fsp3) is 0.333. The fourth-order valence-electron chi connectivity index (χ4n) is 2.68. The van der Waals surface area contributed by atoms with Crippen LogP contribution in [-0.4, -0.2) is 53.8 Å². The smallest absolute Gasteiger partial charge is 0.338 e. The molecular weight excluding hydrogens is 403 g/mol. The molecule has 0 radical (unpaired) electrons. The second-order valence-corrected chi connectivity index (χ2v) is 7.85. The first-order chi connectivity index (χ1) is 13.1. The van der Waals surface area contributed by atoms with Crippen molar-refractivity contribution < 1.29 is 26.5 Å². The minimum absolute atomic E-state index is 0.0128. The zero-order valence-electron chi connectivity index (χ0n) is 14.2. The molecule has 0 amide bonds. The van der Waals surface area contributed by atoms with Gasteiger partial charge in [0.2, 0.25) is 16.0 Å². The number of alkyl halides is 3. The van der Waals surface area contributed by atoms with E-state index in [0.717, 1.165) is 34.9 Å². The number of nitrogens with zero attached hydrogens (tertiary/aromatic N) is 5. The van der Waals surface area contributed by atoms with E-state index in [1.807, 2.05) is 0 Å². The molecule has 0 bridgehead atoms.